The van der Waals surface area contributed by atoms with Gasteiger partial charge in [0, 0.05) is 6.42 Å². The minimum atomic E-state index is -0.883. The zero-order valence-corrected chi connectivity index (χ0v) is 9.10. The summed E-state index contributed by atoms with van der Waals surface area (Å²) in [5, 5.41) is 8.39. The fourth-order valence-electron chi connectivity index (χ4n) is 1.24. The van der Waals surface area contributed by atoms with Crippen LogP contribution >= 0.6 is 0 Å². The molecule has 1 rings (SSSR count). The van der Waals surface area contributed by atoms with Crippen LogP contribution in [0.3, 0.4) is 0 Å². The second-order valence-electron chi connectivity index (χ2n) is 3.50. The van der Waals surface area contributed by atoms with Crippen LogP contribution in [0.15, 0.2) is 24.3 Å². The molecule has 0 atom stereocenters. The maximum absolute atomic E-state index is 11.5. The molecule has 1 N–H and O–H groups in total. The van der Waals surface area contributed by atoms with Crippen molar-refractivity contribution in [2.45, 2.75) is 19.8 Å². The molecule has 4 heteroatoms. The lowest BCUT2D eigenvalue weighted by molar-refractivity contribution is -0.137. The molecule has 0 saturated heterocycles. The third kappa shape index (κ3) is 4.13. The van der Waals surface area contributed by atoms with E-state index in [-0.39, 0.29) is 13.0 Å². The van der Waals surface area contributed by atoms with Gasteiger partial charge in [-0.2, -0.15) is 0 Å². The molecule has 0 amide bonds. The van der Waals surface area contributed by atoms with Gasteiger partial charge in [0.1, 0.15) is 0 Å². The topological polar surface area (TPSA) is 63.6 Å². The summed E-state index contributed by atoms with van der Waals surface area (Å²) in [6.07, 6.45) is 0.355. The Morgan fingerprint density at radius 2 is 2.12 bits per heavy atom. The molecule has 16 heavy (non-hydrogen) atoms. The predicted octanol–water partition coefficient (Wildman–Crippen LogP) is 2.02. The summed E-state index contributed by atoms with van der Waals surface area (Å²) in [7, 11) is 0. The minimum absolute atomic E-state index is 0.0150. The molecule has 1 aromatic rings. The van der Waals surface area contributed by atoms with Crippen LogP contribution in [0.25, 0.3) is 0 Å². The quantitative estimate of drug-likeness (QED) is 0.611. The van der Waals surface area contributed by atoms with E-state index >= 15 is 0 Å². The maximum Gasteiger partial charge on any atom is 0.338 e. The number of hydrogen-bond acceptors (Lipinski definition) is 3. The molecule has 86 valence electrons. The molecular weight excluding hydrogens is 208 g/mol. The van der Waals surface area contributed by atoms with Gasteiger partial charge in [0.2, 0.25) is 0 Å². The first-order valence-electron chi connectivity index (χ1n) is 5.05. The molecule has 0 bridgehead atoms. The molecule has 0 fully saturated rings. The van der Waals surface area contributed by atoms with Gasteiger partial charge < -0.3 is 9.84 Å². The number of aliphatic carboxylic acids is 1. The normalized spacial score (nSPS) is 9.81. The summed E-state index contributed by atoms with van der Waals surface area (Å²) in [6, 6.07) is 7.08. The SMILES string of the molecule is Cc1cccc(C(=O)OCCCC(=O)O)c1. The van der Waals surface area contributed by atoms with E-state index in [9.17, 15) is 9.59 Å². The Morgan fingerprint density at radius 3 is 2.75 bits per heavy atom. The highest BCUT2D eigenvalue weighted by Crippen LogP contribution is 2.06. The van der Waals surface area contributed by atoms with Crippen molar-refractivity contribution >= 4 is 11.9 Å². The Morgan fingerprint density at radius 1 is 1.38 bits per heavy atom. The lowest BCUT2D eigenvalue weighted by Crippen LogP contribution is -2.07. The fourth-order valence-corrected chi connectivity index (χ4v) is 1.24. The van der Waals surface area contributed by atoms with Gasteiger partial charge in [-0.15, -0.1) is 0 Å². The minimum Gasteiger partial charge on any atom is -0.481 e. The van der Waals surface area contributed by atoms with E-state index in [0.29, 0.717) is 12.0 Å². The zero-order valence-electron chi connectivity index (χ0n) is 9.10. The zero-order chi connectivity index (χ0) is 12.0. The number of carboxylic acid groups (broad SMARTS) is 1. The van der Waals surface area contributed by atoms with Crippen molar-refractivity contribution in [1.82, 2.24) is 0 Å². The van der Waals surface area contributed by atoms with Gasteiger partial charge >= 0.3 is 11.9 Å². The van der Waals surface area contributed by atoms with Crippen molar-refractivity contribution in [3.8, 4) is 0 Å². The second-order valence-corrected chi connectivity index (χ2v) is 3.50. The highest BCUT2D eigenvalue weighted by molar-refractivity contribution is 5.89. The van der Waals surface area contributed by atoms with Crippen LogP contribution in [-0.2, 0) is 9.53 Å². The van der Waals surface area contributed by atoms with Crippen LogP contribution in [-0.4, -0.2) is 23.7 Å². The largest absolute Gasteiger partial charge is 0.481 e. The second kappa shape index (κ2) is 5.90. The van der Waals surface area contributed by atoms with Crippen LogP contribution in [0.5, 0.6) is 0 Å². The predicted molar refractivity (Wildman–Crippen MR) is 58.3 cm³/mol. The van der Waals surface area contributed by atoms with E-state index in [0.717, 1.165) is 5.56 Å². The molecular formula is C12H14O4. The van der Waals surface area contributed by atoms with Gasteiger partial charge in [-0.1, -0.05) is 17.7 Å². The van der Waals surface area contributed by atoms with Crippen molar-refractivity contribution in [3.63, 3.8) is 0 Å². The van der Waals surface area contributed by atoms with E-state index in [1.807, 2.05) is 13.0 Å². The highest BCUT2D eigenvalue weighted by atomic mass is 16.5. The van der Waals surface area contributed by atoms with Gasteiger partial charge in [0.05, 0.1) is 12.2 Å². The average molecular weight is 222 g/mol. The Bertz CT molecular complexity index is 384. The monoisotopic (exact) mass is 222 g/mol. The van der Waals surface area contributed by atoms with Crippen LogP contribution in [0.1, 0.15) is 28.8 Å². The van der Waals surface area contributed by atoms with Crippen LogP contribution in [0.2, 0.25) is 0 Å². The molecule has 0 aliphatic heterocycles. The summed E-state index contributed by atoms with van der Waals surface area (Å²) >= 11 is 0. The van der Waals surface area contributed by atoms with Crippen molar-refractivity contribution in [2.24, 2.45) is 0 Å². The number of esters is 1. The molecule has 4 nitrogen and oxygen atoms in total. The Hall–Kier alpha value is -1.84. The van der Waals surface area contributed by atoms with Crippen LogP contribution in [0, 0.1) is 6.92 Å². The first-order chi connectivity index (χ1) is 7.59. The van der Waals surface area contributed by atoms with Crippen LogP contribution < -0.4 is 0 Å². The van der Waals surface area contributed by atoms with Crippen molar-refractivity contribution < 1.29 is 19.4 Å². The van der Waals surface area contributed by atoms with Gasteiger partial charge in [-0.25, -0.2) is 4.79 Å². The Labute approximate surface area is 93.9 Å². The smallest absolute Gasteiger partial charge is 0.338 e. The number of carbonyl (C=O) groups excluding carboxylic acids is 1. The molecule has 0 radical (unpaired) electrons. The lowest BCUT2D eigenvalue weighted by atomic mass is 10.1. The maximum atomic E-state index is 11.5. The first kappa shape index (κ1) is 12.2. The van der Waals surface area contributed by atoms with Crippen molar-refractivity contribution in [3.05, 3.63) is 35.4 Å². The van der Waals surface area contributed by atoms with Crippen molar-refractivity contribution in [1.29, 1.82) is 0 Å². The van der Waals surface area contributed by atoms with Crippen molar-refractivity contribution in [2.75, 3.05) is 6.61 Å². The molecule has 0 spiro atoms. The van der Waals surface area contributed by atoms with Gasteiger partial charge in [-0.3, -0.25) is 4.79 Å². The molecule has 0 aromatic heterocycles. The molecule has 0 saturated carbocycles. The standard InChI is InChI=1S/C12H14O4/c1-9-4-2-5-10(8-9)12(15)16-7-3-6-11(13)14/h2,4-5,8H,3,6-7H2,1H3,(H,13,14). The van der Waals surface area contributed by atoms with E-state index in [4.69, 9.17) is 9.84 Å². The van der Waals surface area contributed by atoms with Gasteiger partial charge in [0.15, 0.2) is 0 Å². The summed E-state index contributed by atoms with van der Waals surface area (Å²) in [6.45, 7) is 2.03. The lowest BCUT2D eigenvalue weighted by Gasteiger charge is -2.04. The Kier molecular flexibility index (Phi) is 4.51. The van der Waals surface area contributed by atoms with E-state index in [1.165, 1.54) is 0 Å². The number of carboxylic acids is 1. The number of aryl methyl sites for hydroxylation is 1. The fraction of sp³-hybridized carbons (Fsp3) is 0.333. The molecule has 1 aromatic carbocycles. The number of ether oxygens (including phenoxy) is 1. The van der Waals surface area contributed by atoms with E-state index in [2.05, 4.69) is 0 Å². The number of carbonyl (C=O) groups is 2. The highest BCUT2D eigenvalue weighted by Gasteiger charge is 2.06. The summed E-state index contributed by atoms with van der Waals surface area (Å²) in [4.78, 5) is 21.7. The molecule has 0 heterocycles. The first-order valence-corrected chi connectivity index (χ1v) is 5.05. The average Bonchev–Trinajstić information content (AvgIpc) is 2.24. The van der Waals surface area contributed by atoms with Crippen LogP contribution in [0.4, 0.5) is 0 Å². The third-order valence-electron chi connectivity index (χ3n) is 2.02. The molecule has 0 aliphatic carbocycles. The number of hydrogen-bond donors (Lipinski definition) is 1. The molecule has 0 aliphatic rings. The van der Waals surface area contributed by atoms with Gasteiger partial charge in [0.25, 0.3) is 0 Å². The number of benzene rings is 1. The third-order valence-corrected chi connectivity index (χ3v) is 2.02. The number of rotatable bonds is 5. The van der Waals surface area contributed by atoms with E-state index < -0.39 is 11.9 Å². The Balaban J connectivity index is 2.38. The summed E-state index contributed by atoms with van der Waals surface area (Å²) < 4.78 is 4.93. The molecule has 0 unspecified atom stereocenters. The summed E-state index contributed by atoms with van der Waals surface area (Å²) in [5.41, 5.74) is 1.48. The van der Waals surface area contributed by atoms with Gasteiger partial charge in [-0.05, 0) is 25.5 Å². The van der Waals surface area contributed by atoms with E-state index in [1.54, 1.807) is 18.2 Å². The summed E-state index contributed by atoms with van der Waals surface area (Å²) in [5.74, 6) is -1.29.